The molecule has 1 fully saturated rings. The van der Waals surface area contributed by atoms with Crippen LogP contribution in [0.3, 0.4) is 0 Å². The Labute approximate surface area is 126 Å². The highest BCUT2D eigenvalue weighted by Gasteiger charge is 2.22. The highest BCUT2D eigenvalue weighted by Crippen LogP contribution is 2.27. The van der Waals surface area contributed by atoms with Crippen LogP contribution in [0.15, 0.2) is 16.6 Å². The van der Waals surface area contributed by atoms with Crippen LogP contribution in [0.2, 0.25) is 0 Å². The average molecular weight is 331 g/mol. The highest BCUT2D eigenvalue weighted by molar-refractivity contribution is 8.00. The van der Waals surface area contributed by atoms with Gasteiger partial charge in [0.25, 0.3) is 0 Å². The second kappa shape index (κ2) is 5.67. The van der Waals surface area contributed by atoms with Crippen molar-refractivity contribution in [1.29, 1.82) is 0 Å². The monoisotopic (exact) mass is 331 g/mol. The zero-order valence-corrected chi connectivity index (χ0v) is 13.7. The van der Waals surface area contributed by atoms with Gasteiger partial charge in [0.2, 0.25) is 0 Å². The van der Waals surface area contributed by atoms with E-state index in [4.69, 9.17) is 0 Å². The van der Waals surface area contributed by atoms with Gasteiger partial charge in [-0.05, 0) is 12.8 Å². The van der Waals surface area contributed by atoms with E-state index >= 15 is 0 Å². The maximum Gasteiger partial charge on any atom is 0.194 e. The van der Waals surface area contributed by atoms with Gasteiger partial charge in [-0.1, -0.05) is 0 Å². The molecule has 0 bridgehead atoms. The topological polar surface area (TPSA) is 63.5 Å². The fourth-order valence-electron chi connectivity index (χ4n) is 1.91. The minimum atomic E-state index is -2.91. The van der Waals surface area contributed by atoms with Crippen LogP contribution in [0.5, 0.6) is 0 Å². The normalized spacial score (nSPS) is 16.1. The van der Waals surface area contributed by atoms with Crippen molar-refractivity contribution < 1.29 is 8.42 Å². The molecule has 5 nitrogen and oxygen atoms in total. The van der Waals surface area contributed by atoms with Gasteiger partial charge in [0.1, 0.15) is 14.9 Å². The number of nitrogens with one attached hydrogen (secondary N) is 1. The van der Waals surface area contributed by atoms with Gasteiger partial charge in [0.05, 0.1) is 11.4 Å². The molecule has 1 aliphatic carbocycles. The van der Waals surface area contributed by atoms with E-state index < -0.39 is 9.84 Å². The van der Waals surface area contributed by atoms with Gasteiger partial charge >= 0.3 is 0 Å². The summed E-state index contributed by atoms with van der Waals surface area (Å²) in [6, 6.07) is 0.646. The minimum absolute atomic E-state index is 0.193. The Bertz CT molecular complexity index is 701. The van der Waals surface area contributed by atoms with Crippen molar-refractivity contribution in [2.24, 2.45) is 0 Å². The van der Waals surface area contributed by atoms with Crippen LogP contribution in [0.4, 0.5) is 0 Å². The third kappa shape index (κ3) is 3.55. The van der Waals surface area contributed by atoms with Crippen molar-refractivity contribution in [2.45, 2.75) is 30.5 Å². The Morgan fingerprint density at radius 1 is 1.55 bits per heavy atom. The standard InChI is InChI=1S/C12H17N3O2S3/c1-20(16,17)7-6-18-11-10(8-13-9-2-3-9)15-4-5-19-12(15)14-11/h4-5,9,13H,2-3,6-8H2,1H3. The van der Waals surface area contributed by atoms with Crippen molar-refractivity contribution in [3.63, 3.8) is 0 Å². The molecule has 0 unspecified atom stereocenters. The smallest absolute Gasteiger partial charge is 0.194 e. The first-order valence-electron chi connectivity index (χ1n) is 6.51. The van der Waals surface area contributed by atoms with Gasteiger partial charge in [-0.25, -0.2) is 13.4 Å². The molecule has 3 rings (SSSR count). The van der Waals surface area contributed by atoms with Crippen molar-refractivity contribution in [1.82, 2.24) is 14.7 Å². The number of nitrogens with zero attached hydrogens (tertiary/aromatic N) is 2. The first-order chi connectivity index (χ1) is 9.53. The maximum atomic E-state index is 11.2. The first-order valence-corrected chi connectivity index (χ1v) is 10.4. The molecule has 1 saturated carbocycles. The Morgan fingerprint density at radius 3 is 3.05 bits per heavy atom. The summed E-state index contributed by atoms with van der Waals surface area (Å²) in [4.78, 5) is 5.57. The second-order valence-electron chi connectivity index (χ2n) is 5.05. The molecule has 8 heteroatoms. The van der Waals surface area contributed by atoms with Crippen molar-refractivity contribution in [3.8, 4) is 0 Å². The Morgan fingerprint density at radius 2 is 2.35 bits per heavy atom. The summed E-state index contributed by atoms with van der Waals surface area (Å²) < 4.78 is 24.5. The van der Waals surface area contributed by atoms with Crippen molar-refractivity contribution >= 4 is 37.9 Å². The number of imidazole rings is 1. The number of rotatable bonds is 7. The largest absolute Gasteiger partial charge is 0.308 e. The minimum Gasteiger partial charge on any atom is -0.308 e. The number of fused-ring (bicyclic) bond motifs is 1. The summed E-state index contributed by atoms with van der Waals surface area (Å²) in [5, 5.41) is 6.47. The summed E-state index contributed by atoms with van der Waals surface area (Å²) in [7, 11) is -2.91. The zero-order chi connectivity index (χ0) is 14.2. The molecule has 0 radical (unpaired) electrons. The van der Waals surface area contributed by atoms with Crippen LogP contribution >= 0.6 is 23.1 Å². The Balaban J connectivity index is 1.73. The van der Waals surface area contributed by atoms with E-state index in [1.54, 1.807) is 11.3 Å². The van der Waals surface area contributed by atoms with E-state index in [0.29, 0.717) is 11.8 Å². The van der Waals surface area contributed by atoms with E-state index in [1.165, 1.54) is 30.9 Å². The molecular formula is C12H17N3O2S3. The van der Waals surface area contributed by atoms with Crippen LogP contribution in [-0.4, -0.2) is 41.6 Å². The lowest BCUT2D eigenvalue weighted by Crippen LogP contribution is -2.17. The third-order valence-corrected chi connectivity index (χ3v) is 6.12. The van der Waals surface area contributed by atoms with Gasteiger partial charge in [-0.3, -0.25) is 4.40 Å². The molecule has 2 heterocycles. The number of thioether (sulfide) groups is 1. The second-order valence-corrected chi connectivity index (χ2v) is 9.27. The molecule has 0 saturated heterocycles. The van der Waals surface area contributed by atoms with Gasteiger partial charge in [-0.2, -0.15) is 0 Å². The molecule has 0 atom stereocenters. The molecule has 1 N–H and O–H groups in total. The molecular weight excluding hydrogens is 314 g/mol. The molecule has 0 aliphatic heterocycles. The highest BCUT2D eigenvalue weighted by atomic mass is 32.2. The molecule has 1 aliphatic rings. The van der Waals surface area contributed by atoms with Gasteiger partial charge in [-0.15, -0.1) is 23.1 Å². The lowest BCUT2D eigenvalue weighted by molar-refractivity contribution is 0.603. The molecule has 2 aromatic heterocycles. The molecule has 20 heavy (non-hydrogen) atoms. The molecule has 0 amide bonds. The van der Waals surface area contributed by atoms with E-state index in [-0.39, 0.29) is 5.75 Å². The summed E-state index contributed by atoms with van der Waals surface area (Å²) >= 11 is 3.14. The van der Waals surface area contributed by atoms with Gasteiger partial charge < -0.3 is 5.32 Å². The summed E-state index contributed by atoms with van der Waals surface area (Å²) in [6.07, 6.45) is 5.80. The number of aromatic nitrogens is 2. The Hall–Kier alpha value is -0.570. The van der Waals surface area contributed by atoms with E-state index in [9.17, 15) is 8.42 Å². The van der Waals surface area contributed by atoms with Crippen LogP contribution in [0.25, 0.3) is 4.96 Å². The fourth-order valence-corrected chi connectivity index (χ4v) is 4.92. The number of thiazole rings is 1. The lowest BCUT2D eigenvalue weighted by Gasteiger charge is -2.05. The van der Waals surface area contributed by atoms with E-state index in [2.05, 4.69) is 14.7 Å². The van der Waals surface area contributed by atoms with Gasteiger partial charge in [0, 0.05) is 36.2 Å². The zero-order valence-electron chi connectivity index (χ0n) is 11.2. The molecule has 0 spiro atoms. The number of hydrogen-bond donors (Lipinski definition) is 1. The fraction of sp³-hybridized carbons (Fsp3) is 0.583. The van der Waals surface area contributed by atoms with Gasteiger partial charge in [0.15, 0.2) is 4.96 Å². The number of hydrogen-bond acceptors (Lipinski definition) is 6. The summed E-state index contributed by atoms with van der Waals surface area (Å²) in [6.45, 7) is 0.795. The maximum absolute atomic E-state index is 11.2. The van der Waals surface area contributed by atoms with Crippen molar-refractivity contribution in [3.05, 3.63) is 17.3 Å². The predicted octanol–water partition coefficient (Wildman–Crippen LogP) is 1.78. The number of sulfone groups is 1. The van der Waals surface area contributed by atoms with Crippen molar-refractivity contribution in [2.75, 3.05) is 17.8 Å². The summed E-state index contributed by atoms with van der Waals surface area (Å²) in [5.41, 5.74) is 1.15. The SMILES string of the molecule is CS(=O)(=O)CCSc1nc2sccn2c1CNC1CC1. The molecule has 110 valence electrons. The molecule has 2 aromatic rings. The van der Waals surface area contributed by atoms with Crippen LogP contribution in [0.1, 0.15) is 18.5 Å². The molecule has 0 aromatic carbocycles. The Kier molecular flexibility index (Phi) is 4.07. The first kappa shape index (κ1) is 14.4. The predicted molar refractivity (Wildman–Crippen MR) is 83.4 cm³/mol. The lowest BCUT2D eigenvalue weighted by atomic mass is 10.4. The van der Waals surface area contributed by atoms with Crippen LogP contribution < -0.4 is 5.32 Å². The average Bonchev–Trinajstić information content (AvgIpc) is 2.97. The third-order valence-electron chi connectivity index (χ3n) is 3.15. The van der Waals surface area contributed by atoms with E-state index in [1.807, 2.05) is 11.6 Å². The quantitative estimate of drug-likeness (QED) is 0.784. The van der Waals surface area contributed by atoms with E-state index in [0.717, 1.165) is 22.2 Å². The summed E-state index contributed by atoms with van der Waals surface area (Å²) in [5.74, 6) is 0.748. The van der Waals surface area contributed by atoms with Crippen LogP contribution in [-0.2, 0) is 16.4 Å². The van der Waals surface area contributed by atoms with Crippen LogP contribution in [0, 0.1) is 0 Å².